The first-order chi connectivity index (χ1) is 20.0. The van der Waals surface area contributed by atoms with Crippen molar-refractivity contribution in [3.63, 3.8) is 0 Å². The van der Waals surface area contributed by atoms with E-state index in [-0.39, 0.29) is 30.8 Å². The fraction of sp³-hybridized carbons (Fsp3) is 0.448. The van der Waals surface area contributed by atoms with Gasteiger partial charge in [0, 0.05) is 30.0 Å². The number of anilines is 1. The first kappa shape index (κ1) is 30.0. The maximum Gasteiger partial charge on any atom is 0.307 e. The van der Waals surface area contributed by atoms with E-state index >= 15 is 0 Å². The third-order valence-electron chi connectivity index (χ3n) is 8.03. The summed E-state index contributed by atoms with van der Waals surface area (Å²) in [7, 11) is -2.15. The van der Waals surface area contributed by atoms with Crippen LogP contribution in [0.25, 0.3) is 16.6 Å². The molecule has 224 valence electrons. The molecular formula is C29H34BrN5O6S. The quantitative estimate of drug-likeness (QED) is 0.265. The van der Waals surface area contributed by atoms with Gasteiger partial charge in [0.1, 0.15) is 5.69 Å². The van der Waals surface area contributed by atoms with E-state index in [9.17, 15) is 27.9 Å². The van der Waals surface area contributed by atoms with Gasteiger partial charge in [0.15, 0.2) is 0 Å². The highest BCUT2D eigenvalue weighted by Gasteiger charge is 2.37. The number of benzene rings is 2. The van der Waals surface area contributed by atoms with Gasteiger partial charge in [-0.2, -0.15) is 5.10 Å². The Morgan fingerprint density at radius 2 is 1.79 bits per heavy atom. The van der Waals surface area contributed by atoms with Crippen molar-refractivity contribution in [2.75, 3.05) is 30.7 Å². The molecule has 2 atom stereocenters. The van der Waals surface area contributed by atoms with Gasteiger partial charge in [-0.25, -0.2) is 13.1 Å². The molecule has 2 aliphatic carbocycles. The van der Waals surface area contributed by atoms with Crippen LogP contribution in [0.3, 0.4) is 0 Å². The minimum Gasteiger partial charge on any atom is -0.481 e. The predicted octanol–water partition coefficient (Wildman–Crippen LogP) is 3.80. The largest absolute Gasteiger partial charge is 0.481 e. The third kappa shape index (κ3) is 6.17. The molecule has 0 spiro atoms. The van der Waals surface area contributed by atoms with Crippen molar-refractivity contribution >= 4 is 60.3 Å². The van der Waals surface area contributed by atoms with Crippen LogP contribution < -0.4 is 14.9 Å². The normalized spacial score (nSPS) is 18.6. The first-order valence-corrected chi connectivity index (χ1v) is 16.7. The van der Waals surface area contributed by atoms with Crippen LogP contribution >= 0.6 is 15.9 Å². The average Bonchev–Trinajstić information content (AvgIpc) is 3.54. The van der Waals surface area contributed by atoms with Gasteiger partial charge in [-0.15, -0.1) is 0 Å². The minimum absolute atomic E-state index is 0.118. The molecule has 3 aromatic rings. The summed E-state index contributed by atoms with van der Waals surface area (Å²) in [4.78, 5) is 37.2. The lowest BCUT2D eigenvalue weighted by Crippen LogP contribution is -2.38. The van der Waals surface area contributed by atoms with Gasteiger partial charge >= 0.3 is 5.97 Å². The Kier molecular flexibility index (Phi) is 8.61. The minimum atomic E-state index is -3.71. The van der Waals surface area contributed by atoms with E-state index in [1.807, 2.05) is 30.3 Å². The number of amides is 2. The van der Waals surface area contributed by atoms with Crippen LogP contribution in [0.5, 0.6) is 0 Å². The van der Waals surface area contributed by atoms with Crippen LogP contribution in [0.1, 0.15) is 60.5 Å². The SMILES string of the molecule is CNC(=O)c1c2cc(C3CC3)c(N(CCCNC(=O)C3CCCC3C(=O)O)S(C)(=O)=O)cc2nn1-c1ccc(Br)cc1. The van der Waals surface area contributed by atoms with Crippen molar-refractivity contribution in [1.29, 1.82) is 0 Å². The van der Waals surface area contributed by atoms with E-state index in [1.165, 1.54) is 4.31 Å². The maximum absolute atomic E-state index is 13.1. The monoisotopic (exact) mass is 659 g/mol. The van der Waals surface area contributed by atoms with Gasteiger partial charge in [-0.05, 0) is 80.0 Å². The number of carbonyl (C=O) groups is 3. The summed E-state index contributed by atoms with van der Waals surface area (Å²) < 4.78 is 30.0. The number of carbonyl (C=O) groups excluding carboxylic acids is 2. The molecule has 2 amide bonds. The van der Waals surface area contributed by atoms with Gasteiger partial charge in [-0.3, -0.25) is 18.7 Å². The van der Waals surface area contributed by atoms with Crippen molar-refractivity contribution in [1.82, 2.24) is 20.4 Å². The summed E-state index contributed by atoms with van der Waals surface area (Å²) in [5.41, 5.74) is 2.89. The molecule has 1 aromatic heterocycles. The number of nitrogens with zero attached hydrogens (tertiary/aromatic N) is 3. The van der Waals surface area contributed by atoms with Crippen molar-refractivity contribution in [3.8, 4) is 5.69 Å². The number of aromatic nitrogens is 2. The van der Waals surface area contributed by atoms with Gasteiger partial charge in [0.25, 0.3) is 5.91 Å². The van der Waals surface area contributed by atoms with Crippen molar-refractivity contribution in [2.45, 2.75) is 44.4 Å². The van der Waals surface area contributed by atoms with Crippen LogP contribution in [-0.2, 0) is 19.6 Å². The molecule has 0 saturated heterocycles. The molecule has 5 rings (SSSR count). The van der Waals surface area contributed by atoms with Gasteiger partial charge in [-0.1, -0.05) is 22.4 Å². The first-order valence-electron chi connectivity index (χ1n) is 14.0. The molecule has 2 fully saturated rings. The fourth-order valence-electron chi connectivity index (χ4n) is 5.78. The Morgan fingerprint density at radius 3 is 2.40 bits per heavy atom. The third-order valence-corrected chi connectivity index (χ3v) is 9.73. The summed E-state index contributed by atoms with van der Waals surface area (Å²) in [6.45, 7) is 0.334. The van der Waals surface area contributed by atoms with Crippen LogP contribution in [0, 0.1) is 11.8 Å². The Balaban J connectivity index is 1.45. The number of nitrogens with one attached hydrogen (secondary N) is 2. The number of halogens is 1. The molecular weight excluding hydrogens is 626 g/mol. The maximum atomic E-state index is 13.1. The van der Waals surface area contributed by atoms with Crippen LogP contribution in [0.2, 0.25) is 0 Å². The van der Waals surface area contributed by atoms with E-state index in [0.29, 0.717) is 53.7 Å². The average molecular weight is 661 g/mol. The molecule has 42 heavy (non-hydrogen) atoms. The summed E-state index contributed by atoms with van der Waals surface area (Å²) in [5.74, 6) is -2.64. The summed E-state index contributed by atoms with van der Waals surface area (Å²) >= 11 is 3.43. The molecule has 0 aliphatic heterocycles. The van der Waals surface area contributed by atoms with Crippen LogP contribution in [-0.4, -0.2) is 67.5 Å². The lowest BCUT2D eigenvalue weighted by Gasteiger charge is -2.25. The summed E-state index contributed by atoms with van der Waals surface area (Å²) in [5, 5.41) is 20.3. The molecule has 1 heterocycles. The zero-order valence-corrected chi connectivity index (χ0v) is 25.9. The number of rotatable bonds is 11. The second-order valence-electron chi connectivity index (χ2n) is 11.0. The number of carboxylic acid groups (broad SMARTS) is 1. The number of aliphatic carboxylic acids is 1. The Morgan fingerprint density at radius 1 is 1.10 bits per heavy atom. The van der Waals surface area contributed by atoms with Crippen LogP contribution in [0.15, 0.2) is 40.9 Å². The highest BCUT2D eigenvalue weighted by atomic mass is 79.9. The zero-order valence-electron chi connectivity index (χ0n) is 23.5. The van der Waals surface area contributed by atoms with E-state index < -0.39 is 27.8 Å². The Hall–Kier alpha value is -3.45. The molecule has 11 nitrogen and oxygen atoms in total. The fourth-order valence-corrected chi connectivity index (χ4v) is 7.02. The molecule has 2 unspecified atom stereocenters. The summed E-state index contributed by atoms with van der Waals surface area (Å²) in [6.07, 6.45) is 5.03. The lowest BCUT2D eigenvalue weighted by atomic mass is 9.95. The molecule has 2 aromatic carbocycles. The second kappa shape index (κ2) is 12.0. The lowest BCUT2D eigenvalue weighted by molar-refractivity contribution is -0.146. The zero-order chi connectivity index (χ0) is 30.2. The van der Waals surface area contributed by atoms with Gasteiger partial charge < -0.3 is 15.7 Å². The van der Waals surface area contributed by atoms with E-state index in [0.717, 1.165) is 29.1 Å². The molecule has 3 N–H and O–H groups in total. The molecule has 2 aliphatic rings. The topological polar surface area (TPSA) is 151 Å². The number of hydrogen-bond acceptors (Lipinski definition) is 6. The highest BCUT2D eigenvalue weighted by molar-refractivity contribution is 9.10. The van der Waals surface area contributed by atoms with Crippen molar-refractivity contribution < 1.29 is 27.9 Å². The summed E-state index contributed by atoms with van der Waals surface area (Å²) in [6, 6.07) is 11.0. The number of fused-ring (bicyclic) bond motifs is 1. The number of sulfonamides is 1. The molecule has 2 saturated carbocycles. The van der Waals surface area contributed by atoms with Crippen molar-refractivity contribution in [2.24, 2.45) is 11.8 Å². The smallest absolute Gasteiger partial charge is 0.307 e. The van der Waals surface area contributed by atoms with Gasteiger partial charge in [0.2, 0.25) is 15.9 Å². The van der Waals surface area contributed by atoms with Crippen molar-refractivity contribution in [3.05, 3.63) is 52.1 Å². The predicted molar refractivity (Wildman–Crippen MR) is 162 cm³/mol. The van der Waals surface area contributed by atoms with E-state index in [1.54, 1.807) is 17.8 Å². The van der Waals surface area contributed by atoms with E-state index in [2.05, 4.69) is 26.6 Å². The molecule has 13 heteroatoms. The Bertz CT molecular complexity index is 1630. The van der Waals surface area contributed by atoms with Crippen LogP contribution in [0.4, 0.5) is 5.69 Å². The second-order valence-corrected chi connectivity index (χ2v) is 13.8. The van der Waals surface area contributed by atoms with E-state index in [4.69, 9.17) is 5.10 Å². The molecule has 0 bridgehead atoms. The number of carboxylic acids is 1. The Labute approximate surface area is 252 Å². The number of hydrogen-bond donors (Lipinski definition) is 3. The standard InChI is InChI=1S/C29H34BrN5O6S/c1-31-28(37)26-23-15-22(17-7-8-17)25(16-24(23)33-35(26)19-11-9-18(30)10-12-19)34(42(2,40)41)14-4-13-32-27(36)20-5-3-6-21(20)29(38)39/h9-12,15-17,20-21H,3-8,13-14H2,1-2H3,(H,31,37)(H,32,36)(H,38,39). The van der Waals surface area contributed by atoms with Gasteiger partial charge in [0.05, 0.1) is 35.0 Å². The molecule has 0 radical (unpaired) electrons. The highest BCUT2D eigenvalue weighted by Crippen LogP contribution is 2.46.